The molecule has 6 aromatic rings. The summed E-state index contributed by atoms with van der Waals surface area (Å²) in [7, 11) is -8.37. The van der Waals surface area contributed by atoms with Crippen molar-refractivity contribution >= 4 is 66.4 Å². The summed E-state index contributed by atoms with van der Waals surface area (Å²) in [5.74, 6) is -0.228. The predicted molar refractivity (Wildman–Crippen MR) is 235 cm³/mol. The highest BCUT2D eigenvalue weighted by molar-refractivity contribution is 7.89. The summed E-state index contributed by atoms with van der Waals surface area (Å²) in [6, 6.07) is 33.1. The molecule has 0 aliphatic heterocycles. The highest BCUT2D eigenvalue weighted by atomic mass is 35.5. The van der Waals surface area contributed by atoms with Crippen molar-refractivity contribution in [1.82, 2.24) is 0 Å². The van der Waals surface area contributed by atoms with Gasteiger partial charge in [0.25, 0.3) is 0 Å². The molecule has 6 aromatic carbocycles. The topological polar surface area (TPSA) is 197 Å². The SMILES string of the molecule is CC(C)c1ccccc1CC(=O)Nc1ccc(Oc2cccc(Cl)c2)c(S(N)(=O)=O)c1.NS(=O)(=O)c1cc(NC(=O)Cc2ccccc2C(F)(F)F)ccc1Oc1cccc(Cl)c1. The van der Waals surface area contributed by atoms with Crippen molar-refractivity contribution in [3.05, 3.63) is 166 Å². The molecule has 6 rings (SSSR count). The average molecular weight is 944 g/mol. The molecule has 0 fully saturated rings. The summed E-state index contributed by atoms with van der Waals surface area (Å²) in [6.45, 7) is 4.13. The van der Waals surface area contributed by atoms with Gasteiger partial charge in [-0.05, 0) is 101 Å². The number of carbonyl (C=O) groups is 2. The third kappa shape index (κ3) is 14.0. The maximum atomic E-state index is 13.1. The number of carbonyl (C=O) groups excluding carboxylic acids is 2. The lowest BCUT2D eigenvalue weighted by Crippen LogP contribution is -2.19. The van der Waals surface area contributed by atoms with Crippen LogP contribution in [0, 0.1) is 0 Å². The van der Waals surface area contributed by atoms with Gasteiger partial charge in [-0.25, -0.2) is 27.1 Å². The van der Waals surface area contributed by atoms with Gasteiger partial charge in [-0.3, -0.25) is 9.59 Å². The number of nitrogens with one attached hydrogen (secondary N) is 2. The molecule has 0 aliphatic rings. The number of nitrogens with two attached hydrogens (primary N) is 2. The van der Waals surface area contributed by atoms with Crippen molar-refractivity contribution in [2.45, 2.75) is 48.6 Å². The lowest BCUT2D eigenvalue weighted by molar-refractivity contribution is -0.138. The van der Waals surface area contributed by atoms with E-state index in [0.717, 1.165) is 23.3 Å². The van der Waals surface area contributed by atoms with Crippen molar-refractivity contribution in [2.24, 2.45) is 10.3 Å². The molecule has 0 saturated heterocycles. The molecule has 0 spiro atoms. The number of sulfonamides is 2. The number of hydrogen-bond donors (Lipinski definition) is 4. The van der Waals surface area contributed by atoms with Crippen LogP contribution in [0.15, 0.2) is 143 Å². The van der Waals surface area contributed by atoms with E-state index in [1.165, 1.54) is 48.5 Å². The van der Waals surface area contributed by atoms with Gasteiger partial charge >= 0.3 is 6.18 Å². The summed E-state index contributed by atoms with van der Waals surface area (Å²) < 4.78 is 98.9. The fourth-order valence-corrected chi connectivity index (χ4v) is 7.79. The van der Waals surface area contributed by atoms with Gasteiger partial charge in [0, 0.05) is 21.4 Å². The summed E-state index contributed by atoms with van der Waals surface area (Å²) >= 11 is 11.8. The van der Waals surface area contributed by atoms with E-state index >= 15 is 0 Å². The van der Waals surface area contributed by atoms with E-state index in [1.54, 1.807) is 48.5 Å². The molecule has 330 valence electrons. The molecule has 19 heteroatoms. The van der Waals surface area contributed by atoms with Gasteiger partial charge in [0.05, 0.1) is 18.4 Å². The van der Waals surface area contributed by atoms with Crippen molar-refractivity contribution in [1.29, 1.82) is 0 Å². The molecule has 12 nitrogen and oxygen atoms in total. The van der Waals surface area contributed by atoms with E-state index in [1.807, 2.05) is 24.3 Å². The van der Waals surface area contributed by atoms with Gasteiger partial charge in [0.2, 0.25) is 31.9 Å². The van der Waals surface area contributed by atoms with Crippen molar-refractivity contribution in [2.75, 3.05) is 10.6 Å². The fourth-order valence-electron chi connectivity index (χ4n) is 6.07. The second-order valence-corrected chi connectivity index (χ2v) is 17.9. The Balaban J connectivity index is 0.000000238. The Bertz CT molecular complexity index is 2860. The van der Waals surface area contributed by atoms with Crippen LogP contribution in [0.4, 0.5) is 24.5 Å². The second-order valence-electron chi connectivity index (χ2n) is 14.0. The van der Waals surface area contributed by atoms with E-state index in [0.29, 0.717) is 21.5 Å². The minimum atomic E-state index is -4.61. The zero-order chi connectivity index (χ0) is 46.1. The van der Waals surface area contributed by atoms with Gasteiger partial charge in [-0.15, -0.1) is 0 Å². The van der Waals surface area contributed by atoms with E-state index in [9.17, 15) is 39.6 Å². The minimum absolute atomic E-state index is 0.0157. The van der Waals surface area contributed by atoms with Crippen LogP contribution in [-0.4, -0.2) is 28.6 Å². The zero-order valence-electron chi connectivity index (χ0n) is 33.3. The zero-order valence-corrected chi connectivity index (χ0v) is 36.5. The molecule has 0 bridgehead atoms. The van der Waals surface area contributed by atoms with E-state index in [-0.39, 0.29) is 51.6 Å². The third-order valence-corrected chi connectivity index (χ3v) is 11.2. The molecule has 0 heterocycles. The molecule has 63 heavy (non-hydrogen) atoms. The number of primary sulfonamides is 2. The van der Waals surface area contributed by atoms with Crippen molar-refractivity contribution in [3.8, 4) is 23.0 Å². The number of amides is 2. The molecule has 0 atom stereocenters. The summed E-state index contributed by atoms with van der Waals surface area (Å²) in [5.41, 5.74) is 1.18. The lowest BCUT2D eigenvalue weighted by atomic mass is 9.95. The lowest BCUT2D eigenvalue weighted by Gasteiger charge is -2.14. The van der Waals surface area contributed by atoms with Crippen molar-refractivity contribution < 1.29 is 49.1 Å². The first kappa shape index (κ1) is 48.1. The van der Waals surface area contributed by atoms with Crippen LogP contribution in [0.25, 0.3) is 0 Å². The number of rotatable bonds is 13. The van der Waals surface area contributed by atoms with E-state index in [2.05, 4.69) is 24.5 Å². The van der Waals surface area contributed by atoms with Crippen LogP contribution in [0.5, 0.6) is 23.0 Å². The molecular formula is C44H39Cl2F3N4O8S2. The first-order chi connectivity index (χ1) is 29.6. The highest BCUT2D eigenvalue weighted by Gasteiger charge is 2.33. The maximum absolute atomic E-state index is 13.1. The molecule has 0 radical (unpaired) electrons. The first-order valence-corrected chi connectivity index (χ1v) is 22.4. The number of ether oxygens (including phenoxy) is 2. The number of hydrogen-bond acceptors (Lipinski definition) is 8. The Hall–Kier alpha value is -5.95. The second kappa shape index (κ2) is 20.5. The Labute approximate surface area is 372 Å². The molecule has 0 saturated carbocycles. The number of alkyl halides is 3. The normalized spacial score (nSPS) is 11.6. The van der Waals surface area contributed by atoms with E-state index in [4.69, 9.17) is 43.0 Å². The Kier molecular flexibility index (Phi) is 15.6. The maximum Gasteiger partial charge on any atom is 0.416 e. The number of halogens is 5. The predicted octanol–water partition coefficient (Wildman–Crippen LogP) is 10.1. The van der Waals surface area contributed by atoms with Crippen LogP contribution in [0.1, 0.15) is 42.0 Å². The summed E-state index contributed by atoms with van der Waals surface area (Å²) in [4.78, 5) is 24.3. The molecule has 0 aliphatic carbocycles. The largest absolute Gasteiger partial charge is 0.456 e. The molecule has 0 aromatic heterocycles. The quantitative estimate of drug-likeness (QED) is 0.0877. The molecule has 6 N–H and O–H groups in total. The van der Waals surface area contributed by atoms with E-state index < -0.39 is 49.0 Å². The van der Waals surface area contributed by atoms with Crippen LogP contribution in [0.3, 0.4) is 0 Å². The van der Waals surface area contributed by atoms with Crippen LogP contribution < -0.4 is 30.4 Å². The van der Waals surface area contributed by atoms with Gasteiger partial charge < -0.3 is 20.1 Å². The van der Waals surface area contributed by atoms with Gasteiger partial charge in [0.1, 0.15) is 32.8 Å². The van der Waals surface area contributed by atoms with Gasteiger partial charge in [-0.2, -0.15) is 13.2 Å². The average Bonchev–Trinajstić information content (AvgIpc) is 3.18. The van der Waals surface area contributed by atoms with Crippen molar-refractivity contribution in [3.63, 3.8) is 0 Å². The Morgan fingerprint density at radius 3 is 1.46 bits per heavy atom. The third-order valence-electron chi connectivity index (χ3n) is 8.82. The Morgan fingerprint density at radius 1 is 0.603 bits per heavy atom. The van der Waals surface area contributed by atoms with Gasteiger partial charge in [0.15, 0.2) is 0 Å². The highest BCUT2D eigenvalue weighted by Crippen LogP contribution is 2.35. The number of benzene rings is 6. The van der Waals surface area contributed by atoms with Crippen LogP contribution in [0.2, 0.25) is 10.0 Å². The molecule has 0 unspecified atom stereocenters. The van der Waals surface area contributed by atoms with Gasteiger partial charge in [-0.1, -0.05) is 91.6 Å². The smallest absolute Gasteiger partial charge is 0.416 e. The molecule has 2 amide bonds. The fraction of sp³-hybridized carbons (Fsp3) is 0.136. The minimum Gasteiger partial charge on any atom is -0.456 e. The van der Waals surface area contributed by atoms with Crippen LogP contribution in [-0.2, 0) is 48.7 Å². The molecular weight excluding hydrogens is 905 g/mol. The standard InChI is InChI=1S/C23H23ClN2O4S.C21H16ClF3N2O4S/c1-15(2)20-9-4-3-6-16(20)12-23(27)26-18-10-11-21(22(14-18)31(25,28)29)30-19-8-5-7-17(24)13-19;22-14-5-3-6-16(11-14)31-18-9-8-15(12-19(18)32(26,29)30)27-20(28)10-13-4-1-2-7-17(13)21(23,24)25/h3-11,13-15H,12H2,1-2H3,(H,26,27)(H2,25,28,29);1-9,11-12H,10H2,(H,27,28)(H2,26,29,30). The monoisotopic (exact) mass is 942 g/mol. The summed E-state index contributed by atoms with van der Waals surface area (Å²) in [5, 5.41) is 16.6. The Morgan fingerprint density at radius 2 is 1.03 bits per heavy atom. The van der Waals surface area contributed by atoms with Crippen LogP contribution >= 0.6 is 23.2 Å². The first-order valence-electron chi connectivity index (χ1n) is 18.6. The summed E-state index contributed by atoms with van der Waals surface area (Å²) in [6.07, 6.45) is -5.02. The number of anilines is 2.